The van der Waals surface area contributed by atoms with Crippen LogP contribution in [0.3, 0.4) is 0 Å². The molecule has 0 spiro atoms. The highest BCUT2D eigenvalue weighted by Crippen LogP contribution is 2.49. The zero-order valence-corrected chi connectivity index (χ0v) is 31.5. The standard InChI is InChI=1S/C53H40N4/c1-4-20-38(21-5-1)53(39-22-6-2-7-23-39,40-24-8-3-9-25-40)41-26-18-19-37(35-41)52-54-50(56-46-31-14-10-27-42(46)43-28-11-15-32-47(43)56)36-51(55-52)57-48-33-16-12-29-44(48)45-30-13-17-34-49(45)57/h1-16,18-33,36-37H,17,34-35H2. The second-order valence-corrected chi connectivity index (χ2v) is 15.2. The Labute approximate surface area is 332 Å². The smallest absolute Gasteiger partial charge is 0.143 e. The monoisotopic (exact) mass is 732 g/mol. The average molecular weight is 733 g/mol. The van der Waals surface area contributed by atoms with Crippen LogP contribution in [0.5, 0.6) is 0 Å². The first kappa shape index (κ1) is 33.3. The Morgan fingerprint density at radius 3 is 1.60 bits per heavy atom. The third-order valence-electron chi connectivity index (χ3n) is 12.1. The van der Waals surface area contributed by atoms with Gasteiger partial charge in [-0.2, -0.15) is 0 Å². The van der Waals surface area contributed by atoms with Gasteiger partial charge in [-0.05, 0) is 59.7 Å². The Kier molecular flexibility index (Phi) is 7.95. The van der Waals surface area contributed by atoms with Crippen LogP contribution in [-0.4, -0.2) is 19.1 Å². The van der Waals surface area contributed by atoms with Crippen molar-refractivity contribution in [2.24, 2.45) is 0 Å². The molecular weight excluding hydrogens is 693 g/mol. The minimum Gasteiger partial charge on any atom is -0.297 e. The molecule has 1 atom stereocenters. The summed E-state index contributed by atoms with van der Waals surface area (Å²) in [6.45, 7) is 0. The summed E-state index contributed by atoms with van der Waals surface area (Å²) in [4.78, 5) is 11.2. The Bertz CT molecular complexity index is 2890. The Balaban J connectivity index is 1.15. The van der Waals surface area contributed by atoms with Gasteiger partial charge >= 0.3 is 0 Å². The molecule has 6 aromatic carbocycles. The number of hydrogen-bond acceptors (Lipinski definition) is 2. The molecule has 57 heavy (non-hydrogen) atoms. The van der Waals surface area contributed by atoms with E-state index < -0.39 is 5.41 Å². The van der Waals surface area contributed by atoms with Crippen molar-refractivity contribution in [2.45, 2.75) is 30.6 Å². The molecule has 0 N–H and O–H groups in total. The number of allylic oxidation sites excluding steroid dienone is 5. The molecule has 4 nitrogen and oxygen atoms in total. The van der Waals surface area contributed by atoms with Gasteiger partial charge < -0.3 is 0 Å². The number of benzene rings is 6. The first-order valence-electron chi connectivity index (χ1n) is 20.0. The van der Waals surface area contributed by atoms with Crippen molar-refractivity contribution in [2.75, 3.05) is 0 Å². The normalized spacial score (nSPS) is 15.3. The third kappa shape index (κ3) is 5.28. The van der Waals surface area contributed by atoms with Crippen molar-refractivity contribution in [3.05, 3.63) is 234 Å². The lowest BCUT2D eigenvalue weighted by Crippen LogP contribution is -2.33. The van der Waals surface area contributed by atoms with E-state index in [1.54, 1.807) is 0 Å². The third-order valence-corrected chi connectivity index (χ3v) is 12.1. The maximum absolute atomic E-state index is 5.60. The first-order valence-corrected chi connectivity index (χ1v) is 20.0. The van der Waals surface area contributed by atoms with E-state index in [1.807, 2.05) is 0 Å². The molecule has 3 aromatic heterocycles. The topological polar surface area (TPSA) is 35.6 Å². The minimum atomic E-state index is -0.526. The summed E-state index contributed by atoms with van der Waals surface area (Å²) in [6.07, 6.45) is 14.2. The molecule has 0 aliphatic heterocycles. The number of para-hydroxylation sites is 3. The largest absolute Gasteiger partial charge is 0.297 e. The maximum atomic E-state index is 5.60. The first-order chi connectivity index (χ1) is 28.3. The second-order valence-electron chi connectivity index (χ2n) is 15.2. The van der Waals surface area contributed by atoms with Crippen molar-refractivity contribution in [1.29, 1.82) is 0 Å². The van der Waals surface area contributed by atoms with Crippen LogP contribution in [0.2, 0.25) is 0 Å². The number of rotatable bonds is 7. The van der Waals surface area contributed by atoms with Gasteiger partial charge in [-0.1, -0.05) is 176 Å². The summed E-state index contributed by atoms with van der Waals surface area (Å²) in [5, 5.41) is 3.68. The van der Waals surface area contributed by atoms with Gasteiger partial charge in [-0.15, -0.1) is 0 Å². The van der Waals surface area contributed by atoms with Crippen LogP contribution in [0.1, 0.15) is 52.5 Å². The van der Waals surface area contributed by atoms with E-state index in [-0.39, 0.29) is 5.92 Å². The summed E-state index contributed by atoms with van der Waals surface area (Å²) in [6, 6.07) is 61.3. The zero-order chi connectivity index (χ0) is 37.8. The fourth-order valence-corrected chi connectivity index (χ4v) is 9.69. The number of hydrogen-bond donors (Lipinski definition) is 0. The molecule has 4 heteroatoms. The predicted octanol–water partition coefficient (Wildman–Crippen LogP) is 12.5. The van der Waals surface area contributed by atoms with Crippen molar-refractivity contribution >= 4 is 38.8 Å². The van der Waals surface area contributed by atoms with E-state index in [9.17, 15) is 0 Å². The fraction of sp³-hybridized carbons (Fsp3) is 0.0943. The molecule has 11 rings (SSSR count). The van der Waals surface area contributed by atoms with Gasteiger partial charge in [0.05, 0.1) is 22.0 Å². The van der Waals surface area contributed by atoms with Gasteiger partial charge in [0.25, 0.3) is 0 Å². The molecule has 0 fully saturated rings. The second kappa shape index (κ2) is 13.6. The van der Waals surface area contributed by atoms with E-state index in [1.165, 1.54) is 55.2 Å². The summed E-state index contributed by atoms with van der Waals surface area (Å²) < 4.78 is 4.74. The molecule has 2 aliphatic carbocycles. The van der Waals surface area contributed by atoms with Crippen LogP contribution in [0.25, 0.3) is 50.4 Å². The zero-order valence-electron chi connectivity index (χ0n) is 31.5. The van der Waals surface area contributed by atoms with Crippen molar-refractivity contribution < 1.29 is 0 Å². The molecule has 0 saturated carbocycles. The van der Waals surface area contributed by atoms with Crippen molar-refractivity contribution in [3.8, 4) is 11.6 Å². The van der Waals surface area contributed by atoms with Crippen LogP contribution in [-0.2, 0) is 11.8 Å². The molecule has 9 aromatic rings. The van der Waals surface area contributed by atoms with Crippen LogP contribution < -0.4 is 0 Å². The van der Waals surface area contributed by atoms with Gasteiger partial charge in [0.2, 0.25) is 0 Å². The summed E-state index contributed by atoms with van der Waals surface area (Å²) in [5.41, 5.74) is 10.5. The lowest BCUT2D eigenvalue weighted by molar-refractivity contribution is 0.629. The van der Waals surface area contributed by atoms with Crippen LogP contribution in [0.15, 0.2) is 200 Å². The van der Waals surface area contributed by atoms with Crippen LogP contribution in [0, 0.1) is 0 Å². The summed E-state index contributed by atoms with van der Waals surface area (Å²) in [7, 11) is 0. The van der Waals surface area contributed by atoms with Gasteiger partial charge in [0.15, 0.2) is 0 Å². The Hall–Kier alpha value is -7.04. The van der Waals surface area contributed by atoms with Gasteiger partial charge in [-0.25, -0.2) is 9.97 Å². The Morgan fingerprint density at radius 2 is 1.02 bits per heavy atom. The quantitative estimate of drug-likeness (QED) is 0.153. The molecule has 272 valence electrons. The van der Waals surface area contributed by atoms with Crippen molar-refractivity contribution in [3.63, 3.8) is 0 Å². The van der Waals surface area contributed by atoms with Crippen LogP contribution in [0.4, 0.5) is 0 Å². The molecule has 0 radical (unpaired) electrons. The number of nitrogens with zero attached hydrogens (tertiary/aromatic N) is 4. The van der Waals surface area contributed by atoms with E-state index in [4.69, 9.17) is 9.97 Å². The molecule has 0 amide bonds. The minimum absolute atomic E-state index is 0.0788. The predicted molar refractivity (Wildman–Crippen MR) is 234 cm³/mol. The van der Waals surface area contributed by atoms with E-state index in [2.05, 4.69) is 209 Å². The molecule has 0 saturated heterocycles. The van der Waals surface area contributed by atoms with Gasteiger partial charge in [-0.3, -0.25) is 9.13 Å². The lowest BCUT2D eigenvalue weighted by atomic mass is 9.62. The van der Waals surface area contributed by atoms with Crippen LogP contribution >= 0.6 is 0 Å². The van der Waals surface area contributed by atoms with Crippen molar-refractivity contribution in [1.82, 2.24) is 19.1 Å². The maximum Gasteiger partial charge on any atom is 0.143 e. The van der Waals surface area contributed by atoms with E-state index in [0.717, 1.165) is 47.8 Å². The Morgan fingerprint density at radius 1 is 0.526 bits per heavy atom. The molecule has 1 unspecified atom stereocenters. The highest BCUT2D eigenvalue weighted by Gasteiger charge is 2.41. The SMILES string of the molecule is C1=CC(c2nc(-n3c4c(c5ccccc53)C=CCC4)cc(-n3c4ccccc4c4ccccc43)n2)CC(C(c2ccccc2)(c2ccccc2)c2ccccc2)=C1. The van der Waals surface area contributed by atoms with E-state index >= 15 is 0 Å². The van der Waals surface area contributed by atoms with Gasteiger partial charge in [0.1, 0.15) is 17.5 Å². The average Bonchev–Trinajstić information content (AvgIpc) is 3.81. The summed E-state index contributed by atoms with van der Waals surface area (Å²) in [5.74, 6) is 2.50. The lowest BCUT2D eigenvalue weighted by Gasteiger charge is -2.40. The fourth-order valence-electron chi connectivity index (χ4n) is 9.69. The molecule has 0 bridgehead atoms. The van der Waals surface area contributed by atoms with Gasteiger partial charge in [0, 0.05) is 39.4 Å². The summed E-state index contributed by atoms with van der Waals surface area (Å²) >= 11 is 0. The number of fused-ring (bicyclic) bond motifs is 6. The molecular formula is C53H40N4. The molecule has 2 aliphatic rings. The van der Waals surface area contributed by atoms with E-state index in [0.29, 0.717) is 0 Å². The molecule has 3 heterocycles. The number of aromatic nitrogens is 4. The highest BCUT2D eigenvalue weighted by atomic mass is 15.2. The highest BCUT2D eigenvalue weighted by molar-refractivity contribution is 6.09.